The Labute approximate surface area is 161 Å². The van der Waals surface area contributed by atoms with Gasteiger partial charge in [-0.1, -0.05) is 0 Å². The van der Waals surface area contributed by atoms with Crippen molar-refractivity contribution in [1.29, 1.82) is 0 Å². The average molecular weight is 396 g/mol. The first kappa shape index (κ1) is 19.4. The molecule has 142 valence electrons. The predicted octanol–water partition coefficient (Wildman–Crippen LogP) is 2.91. The lowest BCUT2D eigenvalue weighted by molar-refractivity contribution is -0.120. The van der Waals surface area contributed by atoms with Gasteiger partial charge in [0, 0.05) is 18.0 Å². The van der Waals surface area contributed by atoms with Crippen molar-refractivity contribution < 1.29 is 9.53 Å². The standard InChI is InChI=1S/C18H25N3O3S2/c1-10-11(2)26-18-15(10)17(23)20-14(21-18)9-25-12(3)16(22)19-7-6-13-5-4-8-24-13/h12-13H,4-9H2,1-3H3,(H,19,22)(H,20,21,23). The van der Waals surface area contributed by atoms with Crippen LogP contribution in [-0.2, 0) is 15.3 Å². The van der Waals surface area contributed by atoms with Gasteiger partial charge in [-0.3, -0.25) is 9.59 Å². The Balaban J connectivity index is 1.52. The molecule has 0 saturated carbocycles. The molecule has 6 nitrogen and oxygen atoms in total. The molecule has 3 rings (SSSR count). The first-order valence-corrected chi connectivity index (χ1v) is 10.8. The highest BCUT2D eigenvalue weighted by molar-refractivity contribution is 7.99. The molecule has 1 aliphatic heterocycles. The molecule has 2 aromatic heterocycles. The molecule has 26 heavy (non-hydrogen) atoms. The van der Waals surface area contributed by atoms with Gasteiger partial charge in [0.15, 0.2) is 0 Å². The van der Waals surface area contributed by atoms with Crippen LogP contribution in [-0.4, -0.2) is 40.4 Å². The fourth-order valence-electron chi connectivity index (χ4n) is 3.02. The first-order chi connectivity index (χ1) is 12.5. The summed E-state index contributed by atoms with van der Waals surface area (Å²) in [7, 11) is 0. The molecule has 1 amide bonds. The maximum atomic E-state index is 12.3. The number of hydrogen-bond donors (Lipinski definition) is 2. The second kappa shape index (κ2) is 8.54. The molecule has 1 aliphatic rings. The third-order valence-electron chi connectivity index (χ3n) is 4.72. The Kier molecular flexibility index (Phi) is 6.37. The van der Waals surface area contributed by atoms with Crippen LogP contribution in [0.15, 0.2) is 4.79 Å². The van der Waals surface area contributed by atoms with E-state index >= 15 is 0 Å². The number of carbonyl (C=O) groups is 1. The molecular formula is C18H25N3O3S2. The number of thioether (sulfide) groups is 1. The van der Waals surface area contributed by atoms with Crippen LogP contribution in [0.1, 0.15) is 42.5 Å². The van der Waals surface area contributed by atoms with Crippen LogP contribution in [0.5, 0.6) is 0 Å². The van der Waals surface area contributed by atoms with Crippen molar-refractivity contribution in [3.8, 4) is 0 Å². The zero-order valence-electron chi connectivity index (χ0n) is 15.4. The molecule has 0 aromatic carbocycles. The average Bonchev–Trinajstić information content (AvgIpc) is 3.21. The van der Waals surface area contributed by atoms with Crippen LogP contribution >= 0.6 is 23.1 Å². The van der Waals surface area contributed by atoms with E-state index in [0.29, 0.717) is 23.5 Å². The summed E-state index contributed by atoms with van der Waals surface area (Å²) in [6, 6.07) is 0. The fourth-order valence-corrected chi connectivity index (χ4v) is 4.85. The van der Waals surface area contributed by atoms with Crippen LogP contribution in [0.25, 0.3) is 10.2 Å². The van der Waals surface area contributed by atoms with Crippen LogP contribution in [0, 0.1) is 13.8 Å². The number of nitrogens with one attached hydrogen (secondary N) is 2. The lowest BCUT2D eigenvalue weighted by atomic mass is 10.2. The van der Waals surface area contributed by atoms with Crippen molar-refractivity contribution in [2.75, 3.05) is 13.2 Å². The normalized spacial score (nSPS) is 18.3. The minimum absolute atomic E-state index is 0.0132. The number of nitrogens with zero attached hydrogens (tertiary/aromatic N) is 1. The number of rotatable bonds is 7. The molecular weight excluding hydrogens is 370 g/mol. The molecule has 0 aliphatic carbocycles. The minimum Gasteiger partial charge on any atom is -0.378 e. The Morgan fingerprint density at radius 3 is 3.04 bits per heavy atom. The van der Waals surface area contributed by atoms with Gasteiger partial charge in [0.1, 0.15) is 10.7 Å². The van der Waals surface area contributed by atoms with Crippen molar-refractivity contribution >= 4 is 39.2 Å². The summed E-state index contributed by atoms with van der Waals surface area (Å²) in [5.74, 6) is 1.13. The maximum Gasteiger partial charge on any atom is 0.259 e. The van der Waals surface area contributed by atoms with E-state index in [1.165, 1.54) is 23.1 Å². The molecule has 0 bridgehead atoms. The number of thiophene rings is 1. The minimum atomic E-state index is -0.202. The highest BCUT2D eigenvalue weighted by Gasteiger charge is 2.18. The molecule has 2 N–H and O–H groups in total. The van der Waals surface area contributed by atoms with Crippen molar-refractivity contribution in [3.63, 3.8) is 0 Å². The van der Waals surface area contributed by atoms with Gasteiger partial charge in [-0.15, -0.1) is 23.1 Å². The van der Waals surface area contributed by atoms with E-state index in [1.807, 2.05) is 20.8 Å². The Hall–Kier alpha value is -1.38. The molecule has 2 unspecified atom stereocenters. The van der Waals surface area contributed by atoms with Gasteiger partial charge in [0.2, 0.25) is 5.91 Å². The largest absolute Gasteiger partial charge is 0.378 e. The molecule has 3 heterocycles. The van der Waals surface area contributed by atoms with E-state index in [1.54, 1.807) is 0 Å². The van der Waals surface area contributed by atoms with Crippen molar-refractivity contribution in [2.24, 2.45) is 0 Å². The second-order valence-electron chi connectivity index (χ2n) is 6.64. The third-order valence-corrected chi connectivity index (χ3v) is 6.97. The lowest BCUT2D eigenvalue weighted by Gasteiger charge is -2.13. The van der Waals surface area contributed by atoms with E-state index in [4.69, 9.17) is 4.74 Å². The van der Waals surface area contributed by atoms with Crippen molar-refractivity contribution in [1.82, 2.24) is 15.3 Å². The Bertz CT molecular complexity index is 840. The number of H-pyrrole nitrogens is 1. The Morgan fingerprint density at radius 2 is 2.31 bits per heavy atom. The van der Waals surface area contributed by atoms with E-state index in [9.17, 15) is 9.59 Å². The van der Waals surface area contributed by atoms with Crippen LogP contribution in [0.3, 0.4) is 0 Å². The molecule has 8 heteroatoms. The molecule has 1 saturated heterocycles. The first-order valence-electron chi connectivity index (χ1n) is 8.95. The van der Waals surface area contributed by atoms with Gasteiger partial charge >= 0.3 is 0 Å². The van der Waals surface area contributed by atoms with Gasteiger partial charge in [0.25, 0.3) is 5.56 Å². The van der Waals surface area contributed by atoms with Crippen LogP contribution in [0.4, 0.5) is 0 Å². The summed E-state index contributed by atoms with van der Waals surface area (Å²) >= 11 is 3.02. The highest BCUT2D eigenvalue weighted by Crippen LogP contribution is 2.26. The summed E-state index contributed by atoms with van der Waals surface area (Å²) in [5.41, 5.74) is 0.901. The van der Waals surface area contributed by atoms with Crippen LogP contribution in [0.2, 0.25) is 0 Å². The second-order valence-corrected chi connectivity index (χ2v) is 9.18. The monoisotopic (exact) mass is 395 g/mol. The number of carbonyl (C=O) groups excluding carboxylic acids is 1. The SMILES string of the molecule is Cc1sc2nc(CSC(C)C(=O)NCCC3CCCO3)[nH]c(=O)c2c1C. The van der Waals surface area contributed by atoms with E-state index in [2.05, 4.69) is 15.3 Å². The number of ether oxygens (including phenoxy) is 1. The molecule has 2 atom stereocenters. The van der Waals surface area contributed by atoms with Gasteiger partial charge < -0.3 is 15.0 Å². The third kappa shape index (κ3) is 4.47. The summed E-state index contributed by atoms with van der Waals surface area (Å²) in [6.45, 7) is 7.30. The highest BCUT2D eigenvalue weighted by atomic mass is 32.2. The van der Waals surface area contributed by atoms with Crippen LogP contribution < -0.4 is 10.9 Å². The summed E-state index contributed by atoms with van der Waals surface area (Å²) in [5, 5.41) is 3.45. The number of aromatic nitrogens is 2. The fraction of sp³-hybridized carbons (Fsp3) is 0.611. The number of aromatic amines is 1. The topological polar surface area (TPSA) is 84.1 Å². The van der Waals surface area contributed by atoms with E-state index in [0.717, 1.165) is 41.1 Å². The maximum absolute atomic E-state index is 12.3. The van der Waals surface area contributed by atoms with E-state index in [-0.39, 0.29) is 22.8 Å². The molecule has 2 aromatic rings. The van der Waals surface area contributed by atoms with Crippen molar-refractivity contribution in [2.45, 2.75) is 57.1 Å². The number of fused-ring (bicyclic) bond motifs is 1. The van der Waals surface area contributed by atoms with Gasteiger partial charge in [-0.05, 0) is 45.6 Å². The zero-order chi connectivity index (χ0) is 18.7. The number of aryl methyl sites for hydroxylation is 2. The summed E-state index contributed by atoms with van der Waals surface area (Å²) < 4.78 is 5.56. The van der Waals surface area contributed by atoms with E-state index < -0.39 is 0 Å². The van der Waals surface area contributed by atoms with Crippen molar-refractivity contribution in [3.05, 3.63) is 26.6 Å². The summed E-state index contributed by atoms with van der Waals surface area (Å²) in [6.07, 6.45) is 3.36. The number of hydrogen-bond acceptors (Lipinski definition) is 6. The smallest absolute Gasteiger partial charge is 0.259 e. The predicted molar refractivity (Wildman–Crippen MR) is 107 cm³/mol. The molecule has 1 fully saturated rings. The summed E-state index contributed by atoms with van der Waals surface area (Å²) in [4.78, 5) is 33.8. The lowest BCUT2D eigenvalue weighted by Crippen LogP contribution is -2.33. The Morgan fingerprint density at radius 1 is 1.50 bits per heavy atom. The zero-order valence-corrected chi connectivity index (χ0v) is 17.0. The van der Waals surface area contributed by atoms with Gasteiger partial charge in [-0.2, -0.15) is 0 Å². The van der Waals surface area contributed by atoms with Gasteiger partial charge in [-0.25, -0.2) is 4.98 Å². The quantitative estimate of drug-likeness (QED) is 0.753. The van der Waals surface area contributed by atoms with Gasteiger partial charge in [0.05, 0.1) is 22.5 Å². The number of amides is 1. The molecule has 0 radical (unpaired) electrons. The molecule has 0 spiro atoms.